The van der Waals surface area contributed by atoms with Crippen LogP contribution in [0, 0.1) is 5.92 Å². The number of ether oxygens (including phenoxy) is 2. The lowest BCUT2D eigenvalue weighted by atomic mass is 10.1. The number of carboxylic acid groups (broad SMARTS) is 1. The van der Waals surface area contributed by atoms with Gasteiger partial charge >= 0.3 is 5.97 Å². The van der Waals surface area contributed by atoms with E-state index in [9.17, 15) is 9.59 Å². The summed E-state index contributed by atoms with van der Waals surface area (Å²) >= 11 is 0. The van der Waals surface area contributed by atoms with Crippen LogP contribution in [0.1, 0.15) is 17.5 Å². The zero-order chi connectivity index (χ0) is 19.2. The van der Waals surface area contributed by atoms with Crippen LogP contribution < -0.4 is 9.47 Å². The van der Waals surface area contributed by atoms with E-state index < -0.39 is 11.9 Å². The molecule has 0 radical (unpaired) electrons. The third-order valence-electron chi connectivity index (χ3n) is 4.66. The Bertz CT molecular complexity index is 805. The Hall–Kier alpha value is -3.02. The molecule has 1 fully saturated rings. The standard InChI is InChI=1S/C21H23NO5/c1-26-19-11-16(13-22-14-17(21(24)25)12-20(22)23)7-8-18(19)27-10-9-15-5-3-2-4-6-15/h2-8,11,17H,9-10,12-14H2,1H3,(H,24,25)/t17-/m1/s1. The van der Waals surface area contributed by atoms with Gasteiger partial charge in [-0.2, -0.15) is 0 Å². The van der Waals surface area contributed by atoms with Gasteiger partial charge in [-0.3, -0.25) is 9.59 Å². The molecule has 2 aromatic carbocycles. The fourth-order valence-corrected chi connectivity index (χ4v) is 3.16. The highest BCUT2D eigenvalue weighted by atomic mass is 16.5. The van der Waals surface area contributed by atoms with Crippen molar-refractivity contribution in [2.45, 2.75) is 19.4 Å². The predicted octanol–water partition coefficient (Wildman–Crippen LogP) is 2.75. The van der Waals surface area contributed by atoms with Crippen LogP contribution in [0.5, 0.6) is 11.5 Å². The second-order valence-corrected chi connectivity index (χ2v) is 6.58. The van der Waals surface area contributed by atoms with Crippen molar-refractivity contribution in [3.05, 3.63) is 59.7 Å². The predicted molar refractivity (Wildman–Crippen MR) is 99.8 cm³/mol. The molecule has 1 heterocycles. The van der Waals surface area contributed by atoms with E-state index in [0.717, 1.165) is 12.0 Å². The van der Waals surface area contributed by atoms with Crippen LogP contribution >= 0.6 is 0 Å². The summed E-state index contributed by atoms with van der Waals surface area (Å²) in [6.07, 6.45) is 0.859. The Morgan fingerprint density at radius 3 is 2.59 bits per heavy atom. The first-order valence-corrected chi connectivity index (χ1v) is 8.91. The van der Waals surface area contributed by atoms with Gasteiger partial charge in [-0.15, -0.1) is 0 Å². The number of carbonyl (C=O) groups is 2. The molecule has 2 aromatic rings. The van der Waals surface area contributed by atoms with Crippen LogP contribution in [-0.4, -0.2) is 42.1 Å². The molecule has 0 aliphatic carbocycles. The molecular formula is C21H23NO5. The van der Waals surface area contributed by atoms with E-state index >= 15 is 0 Å². The second kappa shape index (κ2) is 8.58. The molecule has 0 aromatic heterocycles. The minimum Gasteiger partial charge on any atom is -0.493 e. The number of methoxy groups -OCH3 is 1. The van der Waals surface area contributed by atoms with Crippen LogP contribution in [0.25, 0.3) is 0 Å². The van der Waals surface area contributed by atoms with Crippen molar-refractivity contribution in [3.63, 3.8) is 0 Å². The summed E-state index contributed by atoms with van der Waals surface area (Å²) in [6, 6.07) is 15.6. The molecule has 1 saturated heterocycles. The van der Waals surface area contributed by atoms with E-state index in [0.29, 0.717) is 24.7 Å². The van der Waals surface area contributed by atoms with Crippen LogP contribution in [0.2, 0.25) is 0 Å². The van der Waals surface area contributed by atoms with Crippen LogP contribution in [0.4, 0.5) is 0 Å². The molecule has 1 aliphatic rings. The molecule has 1 amide bonds. The molecular weight excluding hydrogens is 346 g/mol. The van der Waals surface area contributed by atoms with Gasteiger partial charge in [0.15, 0.2) is 11.5 Å². The van der Waals surface area contributed by atoms with E-state index in [1.807, 2.05) is 36.4 Å². The summed E-state index contributed by atoms with van der Waals surface area (Å²) in [5.41, 5.74) is 2.08. The van der Waals surface area contributed by atoms with E-state index in [1.165, 1.54) is 5.56 Å². The summed E-state index contributed by atoms with van der Waals surface area (Å²) in [4.78, 5) is 24.6. The highest BCUT2D eigenvalue weighted by molar-refractivity contribution is 5.86. The summed E-state index contributed by atoms with van der Waals surface area (Å²) in [7, 11) is 1.57. The van der Waals surface area contributed by atoms with Crippen molar-refractivity contribution >= 4 is 11.9 Å². The monoisotopic (exact) mass is 369 g/mol. The van der Waals surface area contributed by atoms with Gasteiger partial charge in [-0.25, -0.2) is 0 Å². The Balaban J connectivity index is 1.60. The van der Waals surface area contributed by atoms with E-state index in [1.54, 1.807) is 12.0 Å². The normalized spacial score (nSPS) is 16.4. The van der Waals surface area contributed by atoms with Gasteiger partial charge in [0.05, 0.1) is 19.6 Å². The number of rotatable bonds is 8. The number of hydrogen-bond acceptors (Lipinski definition) is 4. The smallest absolute Gasteiger partial charge is 0.308 e. The molecule has 27 heavy (non-hydrogen) atoms. The van der Waals surface area contributed by atoms with Crippen molar-refractivity contribution in [2.75, 3.05) is 20.3 Å². The number of aliphatic carboxylic acids is 1. The fourth-order valence-electron chi connectivity index (χ4n) is 3.16. The van der Waals surface area contributed by atoms with Gasteiger partial charge in [0.25, 0.3) is 0 Å². The van der Waals surface area contributed by atoms with Crippen molar-refractivity contribution < 1.29 is 24.2 Å². The number of carboxylic acids is 1. The van der Waals surface area contributed by atoms with E-state index in [-0.39, 0.29) is 18.9 Å². The maximum Gasteiger partial charge on any atom is 0.308 e. The molecule has 6 heteroatoms. The summed E-state index contributed by atoms with van der Waals surface area (Å²) in [5, 5.41) is 9.08. The lowest BCUT2D eigenvalue weighted by Gasteiger charge is -2.18. The van der Waals surface area contributed by atoms with Crippen molar-refractivity contribution in [2.24, 2.45) is 5.92 Å². The van der Waals surface area contributed by atoms with Gasteiger partial charge in [0, 0.05) is 25.9 Å². The minimum absolute atomic E-state index is 0.0626. The summed E-state index contributed by atoms with van der Waals surface area (Å²) < 4.78 is 11.3. The van der Waals surface area contributed by atoms with Crippen LogP contribution in [-0.2, 0) is 22.6 Å². The average molecular weight is 369 g/mol. The maximum atomic E-state index is 12.0. The van der Waals surface area contributed by atoms with Crippen molar-refractivity contribution in [3.8, 4) is 11.5 Å². The Morgan fingerprint density at radius 1 is 1.15 bits per heavy atom. The fraction of sp³-hybridized carbons (Fsp3) is 0.333. The zero-order valence-corrected chi connectivity index (χ0v) is 15.3. The lowest BCUT2D eigenvalue weighted by Crippen LogP contribution is -2.25. The molecule has 1 aliphatic heterocycles. The molecule has 0 unspecified atom stereocenters. The number of benzene rings is 2. The maximum absolute atomic E-state index is 12.0. The third kappa shape index (κ3) is 4.78. The highest BCUT2D eigenvalue weighted by Crippen LogP contribution is 2.30. The van der Waals surface area contributed by atoms with Gasteiger partial charge in [-0.05, 0) is 23.3 Å². The number of nitrogens with zero attached hydrogens (tertiary/aromatic N) is 1. The quantitative estimate of drug-likeness (QED) is 0.774. The van der Waals surface area contributed by atoms with Gasteiger partial charge < -0.3 is 19.5 Å². The summed E-state index contributed by atoms with van der Waals surface area (Å²) in [5.74, 6) is -0.439. The Labute approximate surface area is 158 Å². The number of likely N-dealkylation sites (tertiary alicyclic amines) is 1. The third-order valence-corrected chi connectivity index (χ3v) is 4.66. The number of hydrogen-bond donors (Lipinski definition) is 1. The molecule has 1 N–H and O–H groups in total. The van der Waals surface area contributed by atoms with E-state index in [2.05, 4.69) is 12.1 Å². The SMILES string of the molecule is COc1cc(CN2C[C@H](C(=O)O)CC2=O)ccc1OCCc1ccccc1. The minimum atomic E-state index is -0.925. The first-order valence-electron chi connectivity index (χ1n) is 8.91. The largest absolute Gasteiger partial charge is 0.493 e. The number of amides is 1. The number of carbonyl (C=O) groups excluding carboxylic acids is 1. The topological polar surface area (TPSA) is 76.1 Å². The molecule has 6 nitrogen and oxygen atoms in total. The zero-order valence-electron chi connectivity index (χ0n) is 15.3. The molecule has 142 valence electrons. The van der Waals surface area contributed by atoms with Crippen molar-refractivity contribution in [1.82, 2.24) is 4.90 Å². The van der Waals surface area contributed by atoms with Crippen LogP contribution in [0.15, 0.2) is 48.5 Å². The van der Waals surface area contributed by atoms with Crippen molar-refractivity contribution in [1.29, 1.82) is 0 Å². The summed E-state index contributed by atoms with van der Waals surface area (Å²) in [6.45, 7) is 1.14. The molecule has 0 bridgehead atoms. The van der Waals surface area contributed by atoms with Gasteiger partial charge in [0.1, 0.15) is 0 Å². The van der Waals surface area contributed by atoms with Crippen LogP contribution in [0.3, 0.4) is 0 Å². The molecule has 1 atom stereocenters. The molecule has 0 spiro atoms. The first-order chi connectivity index (χ1) is 13.1. The second-order valence-electron chi connectivity index (χ2n) is 6.58. The lowest BCUT2D eigenvalue weighted by molar-refractivity contribution is -0.141. The first kappa shape index (κ1) is 18.8. The molecule has 0 saturated carbocycles. The van der Waals surface area contributed by atoms with Gasteiger partial charge in [-0.1, -0.05) is 36.4 Å². The molecule has 3 rings (SSSR count). The Morgan fingerprint density at radius 2 is 1.93 bits per heavy atom. The van der Waals surface area contributed by atoms with E-state index in [4.69, 9.17) is 14.6 Å². The average Bonchev–Trinajstić information content (AvgIpc) is 3.04. The highest BCUT2D eigenvalue weighted by Gasteiger charge is 2.34. The van der Waals surface area contributed by atoms with Gasteiger partial charge in [0.2, 0.25) is 5.91 Å². The Kier molecular flexibility index (Phi) is 5.96.